The first-order valence-electron chi connectivity index (χ1n) is 6.09. The summed E-state index contributed by atoms with van der Waals surface area (Å²) in [5.41, 5.74) is 10.8. The number of benzene rings is 1. The van der Waals surface area contributed by atoms with Crippen molar-refractivity contribution in [3.05, 3.63) is 51.8 Å². The van der Waals surface area contributed by atoms with Crippen molar-refractivity contribution >= 4 is 11.6 Å². The van der Waals surface area contributed by atoms with Crippen LogP contribution in [0.25, 0.3) is 0 Å². The van der Waals surface area contributed by atoms with Crippen LogP contribution in [0, 0.1) is 13.8 Å². The number of hydrogen-bond donors (Lipinski definition) is 1. The molecule has 0 spiro atoms. The summed E-state index contributed by atoms with van der Waals surface area (Å²) in [6.07, 6.45) is 1.66. The van der Waals surface area contributed by atoms with E-state index in [1.165, 1.54) is 11.1 Å². The first kappa shape index (κ1) is 13.1. The molecular weight excluding hydrogens is 246 g/mol. The van der Waals surface area contributed by atoms with E-state index in [9.17, 15) is 0 Å². The maximum Gasteiger partial charge on any atom is 0.0837 e. The van der Waals surface area contributed by atoms with Crippen LogP contribution in [0.1, 0.15) is 35.3 Å². The van der Waals surface area contributed by atoms with Gasteiger partial charge in [-0.15, -0.1) is 0 Å². The monoisotopic (exact) mass is 263 g/mol. The van der Waals surface area contributed by atoms with E-state index < -0.39 is 0 Å². The van der Waals surface area contributed by atoms with Gasteiger partial charge < -0.3 is 5.73 Å². The normalized spacial score (nSPS) is 12.7. The van der Waals surface area contributed by atoms with Gasteiger partial charge in [0.1, 0.15) is 0 Å². The van der Waals surface area contributed by atoms with Crippen molar-refractivity contribution in [1.82, 2.24) is 9.78 Å². The molecule has 0 aliphatic carbocycles. The molecule has 0 bridgehead atoms. The van der Waals surface area contributed by atoms with E-state index in [0.29, 0.717) is 5.02 Å². The van der Waals surface area contributed by atoms with Crippen LogP contribution in [0.4, 0.5) is 0 Å². The van der Waals surface area contributed by atoms with Crippen molar-refractivity contribution < 1.29 is 0 Å². The van der Waals surface area contributed by atoms with Crippen LogP contribution in [0.3, 0.4) is 0 Å². The molecule has 4 heteroatoms. The van der Waals surface area contributed by atoms with E-state index in [4.69, 9.17) is 17.3 Å². The lowest BCUT2D eigenvalue weighted by Gasteiger charge is -2.18. The van der Waals surface area contributed by atoms with Crippen LogP contribution in [0.5, 0.6) is 0 Å². The van der Waals surface area contributed by atoms with Gasteiger partial charge in [-0.3, -0.25) is 4.68 Å². The van der Waals surface area contributed by atoms with Crippen LogP contribution in [0.15, 0.2) is 24.4 Å². The maximum absolute atomic E-state index is 6.36. The Morgan fingerprint density at radius 2 is 2.11 bits per heavy atom. The van der Waals surface area contributed by atoms with E-state index in [0.717, 1.165) is 17.8 Å². The number of nitrogens with two attached hydrogens (primary N) is 1. The summed E-state index contributed by atoms with van der Waals surface area (Å²) in [5.74, 6) is 0. The summed E-state index contributed by atoms with van der Waals surface area (Å²) in [6.45, 7) is 6.97. The minimum Gasteiger partial charge on any atom is -0.319 e. The zero-order valence-corrected chi connectivity index (χ0v) is 11.7. The highest BCUT2D eigenvalue weighted by Crippen LogP contribution is 2.29. The molecule has 3 nitrogen and oxygen atoms in total. The molecule has 0 aliphatic heterocycles. The van der Waals surface area contributed by atoms with Crippen LogP contribution in [0.2, 0.25) is 5.02 Å². The highest BCUT2D eigenvalue weighted by Gasteiger charge is 2.19. The third-order valence-corrected chi connectivity index (χ3v) is 3.70. The summed E-state index contributed by atoms with van der Waals surface area (Å²) in [6, 6.07) is 5.93. The van der Waals surface area contributed by atoms with Gasteiger partial charge >= 0.3 is 0 Å². The summed E-state index contributed by atoms with van der Waals surface area (Å²) in [7, 11) is 0. The molecule has 0 radical (unpaired) electrons. The van der Waals surface area contributed by atoms with Crippen molar-refractivity contribution in [1.29, 1.82) is 0 Å². The number of hydrogen-bond acceptors (Lipinski definition) is 2. The highest BCUT2D eigenvalue weighted by molar-refractivity contribution is 6.31. The summed E-state index contributed by atoms with van der Waals surface area (Å²) >= 11 is 6.20. The van der Waals surface area contributed by atoms with Crippen molar-refractivity contribution in [3.8, 4) is 0 Å². The molecule has 0 amide bonds. The Morgan fingerprint density at radius 1 is 1.39 bits per heavy atom. The van der Waals surface area contributed by atoms with Crippen molar-refractivity contribution in [3.63, 3.8) is 0 Å². The lowest BCUT2D eigenvalue weighted by atomic mass is 9.96. The number of halogens is 1. The Bertz CT molecular complexity index is 560. The highest BCUT2D eigenvalue weighted by atomic mass is 35.5. The first-order chi connectivity index (χ1) is 8.56. The second-order valence-corrected chi connectivity index (χ2v) is 4.87. The van der Waals surface area contributed by atoms with Crippen molar-refractivity contribution in [2.24, 2.45) is 5.73 Å². The second-order valence-electron chi connectivity index (χ2n) is 4.46. The fourth-order valence-corrected chi connectivity index (χ4v) is 2.45. The Balaban J connectivity index is 2.51. The molecule has 1 heterocycles. The maximum atomic E-state index is 6.36. The number of aromatic nitrogens is 2. The predicted octanol–water partition coefficient (Wildman–Crippen LogP) is 3.22. The average Bonchev–Trinajstić information content (AvgIpc) is 2.73. The van der Waals surface area contributed by atoms with Crippen molar-refractivity contribution in [2.75, 3.05) is 0 Å². The van der Waals surface area contributed by atoms with E-state index in [2.05, 4.69) is 31.1 Å². The van der Waals surface area contributed by atoms with Gasteiger partial charge in [-0.2, -0.15) is 5.10 Å². The van der Waals surface area contributed by atoms with Crippen LogP contribution >= 0.6 is 11.6 Å². The Hall–Kier alpha value is -1.32. The smallest absolute Gasteiger partial charge is 0.0837 e. The first-order valence-corrected chi connectivity index (χ1v) is 6.47. The number of aryl methyl sites for hydroxylation is 2. The molecule has 0 saturated carbocycles. The van der Waals surface area contributed by atoms with Gasteiger partial charge in [0.05, 0.1) is 23.0 Å². The van der Waals surface area contributed by atoms with Crippen LogP contribution < -0.4 is 5.73 Å². The summed E-state index contributed by atoms with van der Waals surface area (Å²) in [5, 5.41) is 4.87. The average molecular weight is 264 g/mol. The molecule has 2 rings (SSSR count). The fourth-order valence-electron chi connectivity index (χ4n) is 2.19. The Kier molecular flexibility index (Phi) is 3.73. The van der Waals surface area contributed by atoms with E-state index in [1.807, 2.05) is 17.7 Å². The SMILES string of the molecule is CCn1ncc(Cl)c1C(N)c1cccc(C)c1C. The van der Waals surface area contributed by atoms with Gasteiger partial charge in [0.15, 0.2) is 0 Å². The largest absolute Gasteiger partial charge is 0.319 e. The Morgan fingerprint density at radius 3 is 2.78 bits per heavy atom. The van der Waals surface area contributed by atoms with Gasteiger partial charge in [0.2, 0.25) is 0 Å². The minimum absolute atomic E-state index is 0.236. The van der Waals surface area contributed by atoms with Crippen molar-refractivity contribution in [2.45, 2.75) is 33.4 Å². The third-order valence-electron chi connectivity index (χ3n) is 3.41. The molecule has 2 N–H and O–H groups in total. The van der Waals surface area contributed by atoms with Gasteiger partial charge in [-0.25, -0.2) is 0 Å². The number of rotatable bonds is 3. The molecule has 0 aliphatic rings. The summed E-state index contributed by atoms with van der Waals surface area (Å²) < 4.78 is 1.86. The van der Waals surface area contributed by atoms with Gasteiger partial charge in [0, 0.05) is 6.54 Å². The van der Waals surface area contributed by atoms with E-state index in [1.54, 1.807) is 6.20 Å². The fraction of sp³-hybridized carbons (Fsp3) is 0.357. The second kappa shape index (κ2) is 5.12. The third kappa shape index (κ3) is 2.16. The van der Waals surface area contributed by atoms with Gasteiger partial charge in [0.25, 0.3) is 0 Å². The van der Waals surface area contributed by atoms with E-state index >= 15 is 0 Å². The molecule has 96 valence electrons. The molecular formula is C14H18ClN3. The van der Waals surface area contributed by atoms with Gasteiger partial charge in [-0.1, -0.05) is 29.8 Å². The lowest BCUT2D eigenvalue weighted by molar-refractivity contribution is 0.600. The Labute approximate surface area is 113 Å². The van der Waals surface area contributed by atoms with Gasteiger partial charge in [-0.05, 0) is 37.5 Å². The zero-order valence-electron chi connectivity index (χ0n) is 10.9. The molecule has 1 aromatic heterocycles. The van der Waals surface area contributed by atoms with Crippen LogP contribution in [-0.4, -0.2) is 9.78 Å². The van der Waals surface area contributed by atoms with Crippen LogP contribution in [-0.2, 0) is 6.54 Å². The molecule has 1 aromatic carbocycles. The lowest BCUT2D eigenvalue weighted by Crippen LogP contribution is -2.18. The zero-order chi connectivity index (χ0) is 13.3. The number of nitrogens with zero attached hydrogens (tertiary/aromatic N) is 2. The molecule has 0 saturated heterocycles. The molecule has 18 heavy (non-hydrogen) atoms. The molecule has 1 unspecified atom stereocenters. The summed E-state index contributed by atoms with van der Waals surface area (Å²) in [4.78, 5) is 0. The molecule has 2 aromatic rings. The molecule has 0 fully saturated rings. The minimum atomic E-state index is -0.236. The van der Waals surface area contributed by atoms with E-state index in [-0.39, 0.29) is 6.04 Å². The quantitative estimate of drug-likeness (QED) is 0.924. The molecule has 1 atom stereocenters. The predicted molar refractivity (Wildman–Crippen MR) is 74.9 cm³/mol. The topological polar surface area (TPSA) is 43.8 Å². The standard InChI is InChI=1S/C14H18ClN3/c1-4-18-14(12(15)8-17-18)13(16)11-7-5-6-9(2)10(11)3/h5-8,13H,4,16H2,1-3H3.